The normalized spacial score (nSPS) is 18.1. The van der Waals surface area contributed by atoms with Crippen LogP contribution in [0.5, 0.6) is 0 Å². The summed E-state index contributed by atoms with van der Waals surface area (Å²) in [4.78, 5) is 21.5. The molecule has 61 heavy (non-hydrogen) atoms. The fourth-order valence-electron chi connectivity index (χ4n) is 4.32. The van der Waals surface area contributed by atoms with Gasteiger partial charge in [0.25, 0.3) is 11.8 Å². The number of hydrogen-bond donors (Lipinski definition) is 0. The van der Waals surface area contributed by atoms with Crippen LogP contribution in [-0.2, 0) is 9.59 Å². The Balaban J connectivity index is 3.61. The molecule has 1 heterocycles. The molecule has 0 aliphatic carbocycles. The van der Waals surface area contributed by atoms with Crippen molar-refractivity contribution in [3.63, 3.8) is 0 Å². The highest BCUT2D eigenvalue weighted by atomic mass is 35.5. The Morgan fingerprint density at radius 2 is 0.443 bits per heavy atom. The number of alkyl halides is 34. The second kappa shape index (κ2) is 14.9. The molecule has 1 fully saturated rings. The van der Waals surface area contributed by atoms with Gasteiger partial charge in [0.1, 0.15) is 0 Å². The van der Waals surface area contributed by atoms with Crippen LogP contribution in [0.15, 0.2) is 0 Å². The first-order valence-electron chi connectivity index (χ1n) is 14.0. The van der Waals surface area contributed by atoms with Gasteiger partial charge in [0, 0.05) is 26.2 Å². The Bertz CT molecular complexity index is 1530. The maximum atomic E-state index is 14.5. The smallest absolute Gasteiger partial charge is 0.335 e. The van der Waals surface area contributed by atoms with E-state index in [2.05, 4.69) is 23.2 Å². The first-order chi connectivity index (χ1) is 26.0. The summed E-state index contributed by atoms with van der Waals surface area (Å²) in [6, 6.07) is 0. The standard InChI is InChI=1S/C23H10Cl2F32N2O2/c24-22(54,55)20(50,51)18(46,47)16(42,43)14(38,39)12(34,35)10(30,31)8(26,27)6(60)58-2-1-3-59(5-4-58)7(61)9(28,29)11(32,33)13(36,37)15(40,41)17(44,45)19(48,49)21(52,53)23(25,56)57/h1-5H2. The number of amides is 2. The van der Waals surface area contributed by atoms with Crippen molar-refractivity contribution in [3.05, 3.63) is 0 Å². The van der Waals surface area contributed by atoms with Gasteiger partial charge in [0.05, 0.1) is 0 Å². The zero-order valence-electron chi connectivity index (χ0n) is 27.1. The largest absolute Gasteiger partial charge is 0.393 e. The van der Waals surface area contributed by atoms with Gasteiger partial charge in [0.2, 0.25) is 0 Å². The lowest BCUT2D eigenvalue weighted by atomic mass is 9.88. The molecule has 0 atom stereocenters. The van der Waals surface area contributed by atoms with Gasteiger partial charge >= 0.3 is 93.7 Å². The Kier molecular flexibility index (Phi) is 13.8. The van der Waals surface area contributed by atoms with Gasteiger partial charge in [-0.05, 0) is 29.6 Å². The lowest BCUT2D eigenvalue weighted by Crippen LogP contribution is -2.75. The van der Waals surface area contributed by atoms with E-state index in [9.17, 15) is 150 Å². The molecule has 0 aromatic heterocycles. The molecular weight excluding hydrogens is 1020 g/mol. The topological polar surface area (TPSA) is 40.6 Å². The first kappa shape index (κ1) is 56.3. The predicted octanol–water partition coefficient (Wildman–Crippen LogP) is 10.6. The van der Waals surface area contributed by atoms with E-state index in [1.54, 1.807) is 0 Å². The van der Waals surface area contributed by atoms with E-state index in [-0.39, 0.29) is 0 Å². The van der Waals surface area contributed by atoms with Gasteiger partial charge < -0.3 is 9.80 Å². The van der Waals surface area contributed by atoms with E-state index in [0.717, 1.165) is 0 Å². The van der Waals surface area contributed by atoms with E-state index < -0.39 is 148 Å². The molecule has 38 heteroatoms. The van der Waals surface area contributed by atoms with Gasteiger partial charge in [-0.25, -0.2) is 0 Å². The number of carbonyl (C=O) groups excluding carboxylic acids is 2. The van der Waals surface area contributed by atoms with Gasteiger partial charge in [0.15, 0.2) is 0 Å². The van der Waals surface area contributed by atoms with Gasteiger partial charge in [-0.1, -0.05) is 0 Å². The average molecular weight is 1030 g/mol. The van der Waals surface area contributed by atoms with Crippen molar-refractivity contribution < 1.29 is 150 Å². The Morgan fingerprint density at radius 3 is 0.623 bits per heavy atom. The Hall–Kier alpha value is -2.72. The van der Waals surface area contributed by atoms with E-state index in [0.29, 0.717) is 0 Å². The highest BCUT2D eigenvalue weighted by Gasteiger charge is 2.97. The summed E-state index contributed by atoms with van der Waals surface area (Å²) in [5, 5.41) is -14.3. The summed E-state index contributed by atoms with van der Waals surface area (Å²) in [5.74, 6) is -130. The molecule has 0 saturated carbocycles. The lowest BCUT2D eigenvalue weighted by Gasteiger charge is -2.43. The summed E-state index contributed by atoms with van der Waals surface area (Å²) >= 11 is 6.68. The maximum absolute atomic E-state index is 14.5. The molecule has 0 aromatic carbocycles. The average Bonchev–Trinajstić information content (AvgIpc) is 3.31. The van der Waals surface area contributed by atoms with Crippen molar-refractivity contribution in [2.45, 2.75) is 100 Å². The Labute approximate surface area is 322 Å². The zero-order chi connectivity index (χ0) is 49.8. The molecule has 0 aromatic rings. The summed E-state index contributed by atoms with van der Waals surface area (Å²) in [7, 11) is 0. The number of hydrogen-bond acceptors (Lipinski definition) is 2. The summed E-state index contributed by atoms with van der Waals surface area (Å²) < 4.78 is 440. The van der Waals surface area contributed by atoms with E-state index >= 15 is 0 Å². The number of rotatable bonds is 16. The molecule has 0 bridgehead atoms. The minimum Gasteiger partial charge on any atom is -0.335 e. The van der Waals surface area contributed by atoms with Crippen LogP contribution >= 0.6 is 23.2 Å². The lowest BCUT2D eigenvalue weighted by molar-refractivity contribution is -0.446. The molecule has 1 aliphatic rings. The molecule has 362 valence electrons. The molecule has 2 amide bonds. The molecule has 1 aliphatic heterocycles. The van der Waals surface area contributed by atoms with Gasteiger partial charge in [-0.2, -0.15) is 140 Å². The number of nitrogens with zero attached hydrogens (tertiary/aromatic N) is 2. The summed E-state index contributed by atoms with van der Waals surface area (Å²) in [6.45, 7) is -9.05. The molecule has 0 N–H and O–H groups in total. The van der Waals surface area contributed by atoms with E-state index in [1.807, 2.05) is 0 Å². The van der Waals surface area contributed by atoms with E-state index in [4.69, 9.17) is 0 Å². The third-order valence-corrected chi connectivity index (χ3v) is 8.53. The molecule has 1 rings (SSSR count). The van der Waals surface area contributed by atoms with Gasteiger partial charge in [-0.15, -0.1) is 0 Å². The summed E-state index contributed by atoms with van der Waals surface area (Å²) in [6.07, 6.45) is -1.82. The molecular formula is C23H10Cl2F32N2O2. The number of halogens is 34. The fraction of sp³-hybridized carbons (Fsp3) is 0.913. The fourth-order valence-corrected chi connectivity index (χ4v) is 4.55. The monoisotopic (exact) mass is 1020 g/mol. The molecule has 4 nitrogen and oxygen atoms in total. The zero-order valence-corrected chi connectivity index (χ0v) is 28.6. The van der Waals surface area contributed by atoms with Crippen LogP contribution in [0.25, 0.3) is 0 Å². The van der Waals surface area contributed by atoms with Crippen molar-refractivity contribution >= 4 is 35.0 Å². The van der Waals surface area contributed by atoms with Crippen LogP contribution in [0.2, 0.25) is 0 Å². The Morgan fingerprint density at radius 1 is 0.279 bits per heavy atom. The third-order valence-electron chi connectivity index (χ3n) is 8.05. The van der Waals surface area contributed by atoms with Crippen LogP contribution in [0, 0.1) is 0 Å². The van der Waals surface area contributed by atoms with Crippen molar-refractivity contribution in [2.24, 2.45) is 0 Å². The quantitative estimate of drug-likeness (QED) is 0.114. The van der Waals surface area contributed by atoms with Crippen LogP contribution < -0.4 is 0 Å². The third kappa shape index (κ3) is 7.35. The van der Waals surface area contributed by atoms with E-state index in [1.165, 1.54) is 0 Å². The number of carbonyl (C=O) groups is 2. The highest BCUT2D eigenvalue weighted by molar-refractivity contribution is 6.22. The van der Waals surface area contributed by atoms with Crippen molar-refractivity contribution in [1.82, 2.24) is 9.80 Å². The minimum absolute atomic E-state index is 1.31. The highest BCUT2D eigenvalue weighted by Crippen LogP contribution is 2.66. The van der Waals surface area contributed by atoms with Crippen LogP contribution in [-0.4, -0.2) is 141 Å². The van der Waals surface area contributed by atoms with Crippen molar-refractivity contribution in [3.8, 4) is 0 Å². The van der Waals surface area contributed by atoms with Crippen LogP contribution in [0.1, 0.15) is 6.42 Å². The van der Waals surface area contributed by atoms with Gasteiger partial charge in [-0.3, -0.25) is 9.59 Å². The molecule has 0 radical (unpaired) electrons. The molecule has 1 saturated heterocycles. The van der Waals surface area contributed by atoms with Crippen LogP contribution in [0.4, 0.5) is 140 Å². The molecule has 0 spiro atoms. The van der Waals surface area contributed by atoms with Crippen molar-refractivity contribution in [2.75, 3.05) is 26.2 Å². The maximum Gasteiger partial charge on any atom is 0.393 e. The van der Waals surface area contributed by atoms with Crippen molar-refractivity contribution in [1.29, 1.82) is 0 Å². The predicted molar refractivity (Wildman–Crippen MR) is 129 cm³/mol. The first-order valence-corrected chi connectivity index (χ1v) is 14.8. The SMILES string of the molecule is O=C(N1CCCN(C(=O)C(F)(F)C(F)(F)C(F)(F)C(F)(F)C(F)(F)C(F)(F)C(F)(F)C(F)(F)Cl)CC1)C(F)(F)C(F)(F)C(F)(F)C(F)(F)C(F)(F)C(F)(F)C(F)(F)C(F)(F)Cl. The second-order valence-corrected chi connectivity index (χ2v) is 12.9. The second-order valence-electron chi connectivity index (χ2n) is 12.0. The molecule has 0 unspecified atom stereocenters. The van der Waals surface area contributed by atoms with Crippen LogP contribution in [0.3, 0.4) is 0 Å². The summed E-state index contributed by atoms with van der Waals surface area (Å²) in [5.41, 5.74) is 0. The minimum atomic E-state index is -9.12.